The SMILES string of the molecule is CC1(C)CN(C(=O)c2cc(Oc3ccccc3)ccc2O)CC[S@]1=O. The van der Waals surface area contributed by atoms with E-state index in [-0.39, 0.29) is 17.2 Å². The van der Waals surface area contributed by atoms with E-state index < -0.39 is 15.5 Å². The van der Waals surface area contributed by atoms with E-state index in [9.17, 15) is 14.1 Å². The maximum atomic E-state index is 12.8. The second-order valence-corrected chi connectivity index (χ2v) is 8.83. The Morgan fingerprint density at radius 1 is 1.16 bits per heavy atom. The molecule has 0 unspecified atom stereocenters. The van der Waals surface area contributed by atoms with Crippen molar-refractivity contribution >= 4 is 16.7 Å². The summed E-state index contributed by atoms with van der Waals surface area (Å²) in [5.41, 5.74) is 0.192. The fourth-order valence-electron chi connectivity index (χ4n) is 2.80. The fraction of sp³-hybridized carbons (Fsp3) is 0.316. The molecule has 0 spiro atoms. The van der Waals surface area contributed by atoms with E-state index in [4.69, 9.17) is 4.74 Å². The third-order valence-electron chi connectivity index (χ3n) is 4.20. The molecule has 1 amide bonds. The molecular weight excluding hydrogens is 338 g/mol. The zero-order chi connectivity index (χ0) is 18.0. The highest BCUT2D eigenvalue weighted by Crippen LogP contribution is 2.29. The number of phenols is 1. The van der Waals surface area contributed by atoms with Gasteiger partial charge in [-0.2, -0.15) is 0 Å². The molecule has 1 atom stereocenters. The summed E-state index contributed by atoms with van der Waals surface area (Å²) in [6.07, 6.45) is 0. The van der Waals surface area contributed by atoms with Crippen LogP contribution in [0.1, 0.15) is 24.2 Å². The van der Waals surface area contributed by atoms with Crippen molar-refractivity contribution in [1.29, 1.82) is 0 Å². The number of hydrogen-bond donors (Lipinski definition) is 1. The summed E-state index contributed by atoms with van der Waals surface area (Å²) >= 11 is 0. The first-order chi connectivity index (χ1) is 11.9. The third kappa shape index (κ3) is 3.85. The molecule has 0 aliphatic carbocycles. The van der Waals surface area contributed by atoms with Crippen molar-refractivity contribution in [3.05, 3.63) is 54.1 Å². The molecule has 5 nitrogen and oxygen atoms in total. The standard InChI is InChI=1S/C19H21NO4S/c1-19(2)13-20(10-11-25(19)23)18(22)16-12-15(8-9-17(16)21)24-14-6-4-3-5-7-14/h3-9,12,21H,10-11,13H2,1-2H3/t25-/m1/s1. The van der Waals surface area contributed by atoms with Gasteiger partial charge in [-0.05, 0) is 44.2 Å². The van der Waals surface area contributed by atoms with Crippen LogP contribution in [-0.2, 0) is 10.8 Å². The largest absolute Gasteiger partial charge is 0.507 e. The Morgan fingerprint density at radius 3 is 2.56 bits per heavy atom. The number of rotatable bonds is 3. The summed E-state index contributed by atoms with van der Waals surface area (Å²) in [5.74, 6) is 1.21. The average molecular weight is 359 g/mol. The van der Waals surface area contributed by atoms with Gasteiger partial charge in [0.25, 0.3) is 5.91 Å². The Balaban J connectivity index is 1.83. The zero-order valence-electron chi connectivity index (χ0n) is 14.3. The summed E-state index contributed by atoms with van der Waals surface area (Å²) in [6, 6.07) is 13.9. The maximum absolute atomic E-state index is 12.8. The van der Waals surface area contributed by atoms with Crippen LogP contribution in [0.5, 0.6) is 17.2 Å². The first-order valence-electron chi connectivity index (χ1n) is 8.10. The van der Waals surface area contributed by atoms with Gasteiger partial charge in [0.15, 0.2) is 0 Å². The Morgan fingerprint density at radius 2 is 1.88 bits per heavy atom. The van der Waals surface area contributed by atoms with Crippen molar-refractivity contribution in [1.82, 2.24) is 4.90 Å². The van der Waals surface area contributed by atoms with Crippen LogP contribution in [-0.4, -0.2) is 43.7 Å². The Hall–Kier alpha value is -2.34. The molecule has 1 saturated heterocycles. The molecule has 1 fully saturated rings. The van der Waals surface area contributed by atoms with Crippen LogP contribution in [0, 0.1) is 0 Å². The van der Waals surface area contributed by atoms with Gasteiger partial charge in [0, 0.05) is 29.6 Å². The predicted octanol–water partition coefficient (Wildman–Crippen LogP) is 3.17. The molecule has 6 heteroatoms. The zero-order valence-corrected chi connectivity index (χ0v) is 15.1. The minimum absolute atomic E-state index is 0.0880. The van der Waals surface area contributed by atoms with Gasteiger partial charge in [0.1, 0.15) is 17.2 Å². The van der Waals surface area contributed by atoms with E-state index >= 15 is 0 Å². The Kier molecular flexibility index (Phi) is 4.81. The van der Waals surface area contributed by atoms with Crippen LogP contribution in [0.25, 0.3) is 0 Å². The number of aromatic hydroxyl groups is 1. The molecule has 1 aliphatic rings. The van der Waals surface area contributed by atoms with E-state index in [1.54, 1.807) is 17.0 Å². The minimum atomic E-state index is -0.962. The van der Waals surface area contributed by atoms with Crippen molar-refractivity contribution in [3.63, 3.8) is 0 Å². The van der Waals surface area contributed by atoms with Crippen molar-refractivity contribution in [2.45, 2.75) is 18.6 Å². The Bertz CT molecular complexity index is 804. The van der Waals surface area contributed by atoms with E-state index in [0.717, 1.165) is 0 Å². The van der Waals surface area contributed by atoms with Crippen LogP contribution in [0.3, 0.4) is 0 Å². The van der Waals surface area contributed by atoms with Gasteiger partial charge in [-0.1, -0.05) is 18.2 Å². The quantitative estimate of drug-likeness (QED) is 0.914. The van der Waals surface area contributed by atoms with Crippen LogP contribution >= 0.6 is 0 Å². The number of hydrogen-bond acceptors (Lipinski definition) is 4. The first-order valence-corrected chi connectivity index (χ1v) is 9.42. The van der Waals surface area contributed by atoms with Crippen molar-refractivity contribution in [2.75, 3.05) is 18.8 Å². The number of nitrogens with zero attached hydrogens (tertiary/aromatic N) is 1. The molecule has 0 aromatic heterocycles. The molecule has 132 valence electrons. The third-order valence-corrected chi connectivity index (χ3v) is 6.11. The molecule has 2 aromatic carbocycles. The van der Waals surface area contributed by atoms with Gasteiger partial charge >= 0.3 is 0 Å². The molecule has 2 aromatic rings. The number of phenolic OH excluding ortho intramolecular Hbond substituents is 1. The average Bonchev–Trinajstić information content (AvgIpc) is 2.59. The molecule has 1 N–H and O–H groups in total. The smallest absolute Gasteiger partial charge is 0.257 e. The summed E-state index contributed by atoms with van der Waals surface area (Å²) in [4.78, 5) is 14.5. The van der Waals surface area contributed by atoms with Gasteiger partial charge < -0.3 is 14.7 Å². The Labute approximate surface area is 149 Å². The number of carbonyl (C=O) groups excluding carboxylic acids is 1. The molecule has 0 bridgehead atoms. The number of benzene rings is 2. The fourth-order valence-corrected chi connectivity index (χ4v) is 4.04. The minimum Gasteiger partial charge on any atom is -0.507 e. The topological polar surface area (TPSA) is 66.8 Å². The van der Waals surface area contributed by atoms with E-state index in [0.29, 0.717) is 30.3 Å². The summed E-state index contributed by atoms with van der Waals surface area (Å²) in [5, 5.41) is 10.1. The lowest BCUT2D eigenvalue weighted by Gasteiger charge is -2.37. The molecule has 1 aliphatic heterocycles. The van der Waals surface area contributed by atoms with E-state index in [2.05, 4.69) is 0 Å². The van der Waals surface area contributed by atoms with Gasteiger partial charge in [-0.3, -0.25) is 9.00 Å². The molecule has 0 saturated carbocycles. The van der Waals surface area contributed by atoms with Gasteiger partial charge in [-0.25, -0.2) is 0 Å². The van der Waals surface area contributed by atoms with Crippen molar-refractivity contribution in [2.24, 2.45) is 0 Å². The molecule has 1 heterocycles. The van der Waals surface area contributed by atoms with Gasteiger partial charge in [-0.15, -0.1) is 0 Å². The normalized spacial score (nSPS) is 19.4. The van der Waals surface area contributed by atoms with Crippen LogP contribution in [0.4, 0.5) is 0 Å². The predicted molar refractivity (Wildman–Crippen MR) is 97.6 cm³/mol. The summed E-state index contributed by atoms with van der Waals surface area (Å²) in [6.45, 7) is 4.58. The highest BCUT2D eigenvalue weighted by atomic mass is 32.2. The lowest BCUT2D eigenvalue weighted by atomic mass is 10.1. The number of amides is 1. The second kappa shape index (κ2) is 6.88. The van der Waals surface area contributed by atoms with Crippen LogP contribution in [0.15, 0.2) is 48.5 Å². The van der Waals surface area contributed by atoms with Crippen molar-refractivity contribution < 1.29 is 18.8 Å². The van der Waals surface area contributed by atoms with Gasteiger partial charge in [0.05, 0.1) is 10.3 Å². The highest BCUT2D eigenvalue weighted by Gasteiger charge is 2.36. The number of carbonyl (C=O) groups is 1. The van der Waals surface area contributed by atoms with E-state index in [1.165, 1.54) is 6.07 Å². The monoisotopic (exact) mass is 359 g/mol. The molecule has 3 rings (SSSR count). The molecule has 25 heavy (non-hydrogen) atoms. The van der Waals surface area contributed by atoms with E-state index in [1.807, 2.05) is 44.2 Å². The first kappa shape index (κ1) is 17.5. The van der Waals surface area contributed by atoms with Crippen LogP contribution in [0.2, 0.25) is 0 Å². The van der Waals surface area contributed by atoms with Crippen LogP contribution < -0.4 is 4.74 Å². The number of ether oxygens (including phenoxy) is 1. The summed E-state index contributed by atoms with van der Waals surface area (Å²) in [7, 11) is -0.962. The molecular formula is C19H21NO4S. The lowest BCUT2D eigenvalue weighted by molar-refractivity contribution is 0.0742. The lowest BCUT2D eigenvalue weighted by Crippen LogP contribution is -2.52. The highest BCUT2D eigenvalue weighted by molar-refractivity contribution is 7.86. The number of para-hydroxylation sites is 1. The van der Waals surface area contributed by atoms with Gasteiger partial charge in [0.2, 0.25) is 0 Å². The maximum Gasteiger partial charge on any atom is 0.257 e. The molecule has 0 radical (unpaired) electrons. The van der Waals surface area contributed by atoms with Crippen molar-refractivity contribution in [3.8, 4) is 17.2 Å². The summed E-state index contributed by atoms with van der Waals surface area (Å²) < 4.78 is 17.3. The second-order valence-electron chi connectivity index (χ2n) is 6.63.